The summed E-state index contributed by atoms with van der Waals surface area (Å²) in [5.74, 6) is -0.232. The van der Waals surface area contributed by atoms with E-state index in [0.717, 1.165) is 42.6 Å². The summed E-state index contributed by atoms with van der Waals surface area (Å²) >= 11 is 0. The first kappa shape index (κ1) is 14.8. The second kappa shape index (κ2) is 5.55. The van der Waals surface area contributed by atoms with Gasteiger partial charge in [0.2, 0.25) is 0 Å². The number of likely N-dealkylation sites (tertiary alicyclic amines) is 1. The smallest absolute Gasteiger partial charge is 0.282 e. The van der Waals surface area contributed by atoms with Gasteiger partial charge in [0.1, 0.15) is 0 Å². The van der Waals surface area contributed by atoms with Gasteiger partial charge in [-0.25, -0.2) is 4.98 Å². The molecule has 2 aromatic rings. The summed E-state index contributed by atoms with van der Waals surface area (Å²) in [6, 6.07) is 3.93. The van der Waals surface area contributed by atoms with Gasteiger partial charge in [-0.2, -0.15) is 0 Å². The van der Waals surface area contributed by atoms with Crippen molar-refractivity contribution in [2.75, 3.05) is 13.1 Å². The number of aryl methyl sites for hydroxylation is 3. The summed E-state index contributed by atoms with van der Waals surface area (Å²) in [4.78, 5) is 31.4. The Balaban J connectivity index is 2.23. The average molecular weight is 299 g/mol. The molecule has 1 saturated heterocycles. The lowest BCUT2D eigenvalue weighted by atomic mass is 10.1. The van der Waals surface area contributed by atoms with E-state index >= 15 is 0 Å². The fourth-order valence-electron chi connectivity index (χ4n) is 3.02. The van der Waals surface area contributed by atoms with Crippen molar-refractivity contribution in [3.63, 3.8) is 0 Å². The van der Waals surface area contributed by atoms with Gasteiger partial charge in [0.25, 0.3) is 11.5 Å². The highest BCUT2D eigenvalue weighted by atomic mass is 16.2. The summed E-state index contributed by atoms with van der Waals surface area (Å²) in [6.07, 6.45) is 2.00. The molecular formula is C17H21N3O2. The average Bonchev–Trinajstić information content (AvgIpc) is 3.02. The molecule has 0 spiro atoms. The molecule has 5 nitrogen and oxygen atoms in total. The number of aromatic nitrogens is 2. The van der Waals surface area contributed by atoms with Crippen molar-refractivity contribution in [3.05, 3.63) is 39.3 Å². The zero-order chi connectivity index (χ0) is 15.9. The molecule has 1 aromatic carbocycles. The Hall–Kier alpha value is -2.17. The molecule has 1 fully saturated rings. The van der Waals surface area contributed by atoms with Gasteiger partial charge in [-0.15, -0.1) is 0 Å². The third kappa shape index (κ3) is 2.30. The molecule has 0 unspecified atom stereocenters. The molecule has 1 aliphatic heterocycles. The molecule has 2 heterocycles. The van der Waals surface area contributed by atoms with Crippen molar-refractivity contribution in [1.29, 1.82) is 0 Å². The quantitative estimate of drug-likeness (QED) is 0.855. The predicted octanol–water partition coefficient (Wildman–Crippen LogP) is 2.27. The van der Waals surface area contributed by atoms with E-state index in [2.05, 4.69) is 4.98 Å². The second-order valence-electron chi connectivity index (χ2n) is 5.93. The maximum atomic E-state index is 12.7. The molecule has 0 N–H and O–H groups in total. The molecule has 1 aromatic heterocycles. The lowest BCUT2D eigenvalue weighted by Gasteiger charge is -2.16. The molecule has 0 atom stereocenters. The van der Waals surface area contributed by atoms with Crippen LogP contribution in [0.15, 0.2) is 16.9 Å². The Morgan fingerprint density at radius 1 is 1.18 bits per heavy atom. The topological polar surface area (TPSA) is 55.2 Å². The number of amides is 1. The number of nitrogens with zero attached hydrogens (tertiary/aromatic N) is 3. The summed E-state index contributed by atoms with van der Waals surface area (Å²) in [5, 5.41) is 0. The van der Waals surface area contributed by atoms with Crippen molar-refractivity contribution in [2.24, 2.45) is 0 Å². The summed E-state index contributed by atoms with van der Waals surface area (Å²) in [7, 11) is 0. The highest BCUT2D eigenvalue weighted by Crippen LogP contribution is 2.18. The van der Waals surface area contributed by atoms with Gasteiger partial charge in [-0.05, 0) is 56.9 Å². The van der Waals surface area contributed by atoms with Gasteiger partial charge in [-0.1, -0.05) is 0 Å². The van der Waals surface area contributed by atoms with Crippen molar-refractivity contribution in [3.8, 4) is 0 Å². The number of carbonyl (C=O) groups is 1. The number of fused-ring (bicyclic) bond motifs is 1. The molecule has 3 rings (SSSR count). The zero-order valence-electron chi connectivity index (χ0n) is 13.3. The first-order valence-corrected chi connectivity index (χ1v) is 7.84. The molecule has 116 valence electrons. The molecule has 0 radical (unpaired) electrons. The lowest BCUT2D eigenvalue weighted by molar-refractivity contribution is 0.0785. The van der Waals surface area contributed by atoms with Crippen molar-refractivity contribution in [2.45, 2.75) is 40.2 Å². The van der Waals surface area contributed by atoms with Gasteiger partial charge < -0.3 is 9.47 Å². The van der Waals surface area contributed by atoms with Crippen molar-refractivity contribution in [1.82, 2.24) is 14.5 Å². The monoisotopic (exact) mass is 299 g/mol. The van der Waals surface area contributed by atoms with Gasteiger partial charge in [0.15, 0.2) is 5.69 Å². The normalized spacial score (nSPS) is 14.8. The Labute approximate surface area is 129 Å². The predicted molar refractivity (Wildman–Crippen MR) is 86.3 cm³/mol. The fraction of sp³-hybridized carbons (Fsp3) is 0.471. The molecule has 22 heavy (non-hydrogen) atoms. The minimum atomic E-state index is -0.282. The van der Waals surface area contributed by atoms with Crippen LogP contribution in [-0.2, 0) is 6.54 Å². The molecule has 1 amide bonds. The van der Waals surface area contributed by atoms with E-state index in [4.69, 9.17) is 0 Å². The highest BCUT2D eigenvalue weighted by Gasteiger charge is 2.25. The minimum absolute atomic E-state index is 0.0551. The third-order valence-electron chi connectivity index (χ3n) is 4.47. The van der Waals surface area contributed by atoms with E-state index in [1.165, 1.54) is 0 Å². The van der Waals surface area contributed by atoms with Crippen LogP contribution >= 0.6 is 0 Å². The lowest BCUT2D eigenvalue weighted by Crippen LogP contribution is -2.36. The van der Waals surface area contributed by atoms with Gasteiger partial charge in [-0.3, -0.25) is 9.59 Å². The summed E-state index contributed by atoms with van der Waals surface area (Å²) in [5.41, 5.74) is 3.52. The van der Waals surface area contributed by atoms with Crippen LogP contribution in [0.3, 0.4) is 0 Å². The largest absolute Gasteiger partial charge is 0.337 e. The third-order valence-corrected chi connectivity index (χ3v) is 4.47. The van der Waals surface area contributed by atoms with E-state index in [0.29, 0.717) is 12.1 Å². The summed E-state index contributed by atoms with van der Waals surface area (Å²) in [6.45, 7) is 7.91. The van der Waals surface area contributed by atoms with Crippen LogP contribution < -0.4 is 5.56 Å². The van der Waals surface area contributed by atoms with Crippen LogP contribution in [0.1, 0.15) is 41.4 Å². The van der Waals surface area contributed by atoms with Gasteiger partial charge in [0, 0.05) is 19.6 Å². The Bertz CT molecular complexity index is 802. The Morgan fingerprint density at radius 2 is 1.82 bits per heavy atom. The molecule has 5 heteroatoms. The van der Waals surface area contributed by atoms with E-state index in [-0.39, 0.29) is 17.2 Å². The maximum absolute atomic E-state index is 12.7. The van der Waals surface area contributed by atoms with Crippen molar-refractivity contribution < 1.29 is 4.79 Å². The maximum Gasteiger partial charge on any atom is 0.282 e. The number of hydrogen-bond donors (Lipinski definition) is 0. The van der Waals surface area contributed by atoms with E-state index < -0.39 is 0 Å². The van der Waals surface area contributed by atoms with Crippen LogP contribution in [0.5, 0.6) is 0 Å². The van der Waals surface area contributed by atoms with E-state index in [1.54, 1.807) is 9.47 Å². The second-order valence-corrected chi connectivity index (χ2v) is 5.93. The zero-order valence-corrected chi connectivity index (χ0v) is 13.3. The molecule has 0 saturated carbocycles. The van der Waals surface area contributed by atoms with Crippen LogP contribution in [0, 0.1) is 13.8 Å². The number of hydrogen-bond acceptors (Lipinski definition) is 3. The first-order chi connectivity index (χ1) is 10.5. The van der Waals surface area contributed by atoms with Crippen LogP contribution in [0.4, 0.5) is 0 Å². The van der Waals surface area contributed by atoms with Crippen LogP contribution in [0.2, 0.25) is 0 Å². The minimum Gasteiger partial charge on any atom is -0.337 e. The number of rotatable bonds is 2. The summed E-state index contributed by atoms with van der Waals surface area (Å²) < 4.78 is 1.65. The van der Waals surface area contributed by atoms with Crippen LogP contribution in [0.25, 0.3) is 11.0 Å². The molecular weight excluding hydrogens is 278 g/mol. The van der Waals surface area contributed by atoms with Crippen molar-refractivity contribution >= 4 is 16.9 Å². The van der Waals surface area contributed by atoms with E-state index in [1.807, 2.05) is 32.9 Å². The standard InChI is InChI=1S/C17H21N3O2/c1-4-20-14-10-12(3)11(2)9-13(14)18-15(17(20)22)16(21)19-7-5-6-8-19/h9-10H,4-8H2,1-3H3. The van der Waals surface area contributed by atoms with Gasteiger partial charge >= 0.3 is 0 Å². The highest BCUT2D eigenvalue weighted by molar-refractivity contribution is 5.94. The number of benzene rings is 1. The van der Waals surface area contributed by atoms with Crippen LogP contribution in [-0.4, -0.2) is 33.4 Å². The molecule has 1 aliphatic rings. The molecule has 0 aliphatic carbocycles. The molecule has 0 bridgehead atoms. The Morgan fingerprint density at radius 3 is 2.45 bits per heavy atom. The first-order valence-electron chi connectivity index (χ1n) is 7.84. The SMILES string of the molecule is CCn1c(=O)c(C(=O)N2CCCC2)nc2cc(C)c(C)cc21. The number of carbonyl (C=O) groups excluding carboxylic acids is 1. The fourth-order valence-corrected chi connectivity index (χ4v) is 3.02. The Kier molecular flexibility index (Phi) is 3.72. The van der Waals surface area contributed by atoms with E-state index in [9.17, 15) is 9.59 Å². The van der Waals surface area contributed by atoms with Gasteiger partial charge in [0.05, 0.1) is 11.0 Å².